The maximum atomic E-state index is 13.1. The van der Waals surface area contributed by atoms with Crippen molar-refractivity contribution in [3.05, 3.63) is 24.0 Å². The van der Waals surface area contributed by atoms with Crippen LogP contribution in [-0.4, -0.2) is 29.9 Å². The summed E-state index contributed by atoms with van der Waals surface area (Å²) in [6, 6.07) is 4.55. The van der Waals surface area contributed by atoms with Gasteiger partial charge in [0.25, 0.3) is 0 Å². The number of hydrogen-bond acceptors (Lipinski definition) is 3. The van der Waals surface area contributed by atoms with E-state index in [0.717, 1.165) is 12.5 Å². The Kier molecular flexibility index (Phi) is 3.14. The van der Waals surface area contributed by atoms with Crippen LogP contribution < -0.4 is 11.1 Å². The van der Waals surface area contributed by atoms with E-state index in [1.165, 1.54) is 37.5 Å². The maximum absolute atomic E-state index is 13.1. The molecule has 1 heterocycles. The maximum Gasteiger partial charge on any atom is 0.238 e. The zero-order chi connectivity index (χ0) is 13.4. The fourth-order valence-corrected chi connectivity index (χ4v) is 3.23. The first-order valence-corrected chi connectivity index (χ1v) is 6.71. The van der Waals surface area contributed by atoms with Gasteiger partial charge in [0.15, 0.2) is 0 Å². The highest BCUT2D eigenvalue weighted by molar-refractivity contribution is 5.95. The quantitative estimate of drug-likeness (QED) is 0.818. The summed E-state index contributed by atoms with van der Waals surface area (Å²) >= 11 is 0. The van der Waals surface area contributed by atoms with E-state index >= 15 is 0 Å². The molecule has 2 atom stereocenters. The van der Waals surface area contributed by atoms with Crippen molar-refractivity contribution in [3.63, 3.8) is 0 Å². The molecule has 2 unspecified atom stereocenters. The number of nitrogens with one attached hydrogen (secondary N) is 1. The first kappa shape index (κ1) is 12.4. The minimum absolute atomic E-state index is 0.121. The Bertz CT molecular complexity index is 505. The molecule has 4 nitrogen and oxygen atoms in total. The van der Waals surface area contributed by atoms with Gasteiger partial charge in [-0.2, -0.15) is 0 Å². The second kappa shape index (κ2) is 4.81. The van der Waals surface area contributed by atoms with Crippen LogP contribution in [0, 0.1) is 11.7 Å². The van der Waals surface area contributed by atoms with E-state index in [1.54, 1.807) is 0 Å². The van der Waals surface area contributed by atoms with Crippen molar-refractivity contribution in [2.75, 3.05) is 24.1 Å². The van der Waals surface area contributed by atoms with Crippen LogP contribution >= 0.6 is 0 Å². The molecule has 0 radical (unpaired) electrons. The SMILES string of the molecule is Nc1ccc(F)cc1NC(=O)CN1CC2CCC1C2. The summed E-state index contributed by atoms with van der Waals surface area (Å²) < 4.78 is 13.1. The number of amides is 1. The van der Waals surface area contributed by atoms with Crippen molar-refractivity contribution >= 4 is 17.3 Å². The minimum atomic E-state index is -0.398. The van der Waals surface area contributed by atoms with Gasteiger partial charge in [-0.15, -0.1) is 0 Å². The zero-order valence-corrected chi connectivity index (χ0v) is 10.7. The number of anilines is 2. The molecule has 102 valence electrons. The molecule has 5 heteroatoms. The molecule has 1 saturated heterocycles. The summed E-state index contributed by atoms with van der Waals surface area (Å²) in [6.07, 6.45) is 3.70. The smallest absolute Gasteiger partial charge is 0.238 e. The molecule has 2 bridgehead atoms. The van der Waals surface area contributed by atoms with Crippen LogP contribution in [0.2, 0.25) is 0 Å². The van der Waals surface area contributed by atoms with Crippen molar-refractivity contribution in [2.45, 2.75) is 25.3 Å². The molecule has 1 aromatic rings. The Balaban J connectivity index is 1.61. The number of nitrogens with zero attached hydrogens (tertiary/aromatic N) is 1. The van der Waals surface area contributed by atoms with Gasteiger partial charge in [-0.05, 0) is 43.4 Å². The van der Waals surface area contributed by atoms with Gasteiger partial charge in [0.2, 0.25) is 5.91 Å². The third-order valence-electron chi connectivity index (χ3n) is 4.16. The van der Waals surface area contributed by atoms with E-state index in [0.29, 0.717) is 24.0 Å². The standard InChI is InChI=1S/C14H18FN3O/c15-10-2-4-12(16)13(6-10)17-14(19)8-18-7-9-1-3-11(18)5-9/h2,4,6,9,11H,1,3,5,7-8,16H2,(H,17,19). The molecule has 3 N–H and O–H groups in total. The summed E-state index contributed by atoms with van der Waals surface area (Å²) in [5, 5.41) is 2.69. The van der Waals surface area contributed by atoms with Crippen LogP contribution in [0.1, 0.15) is 19.3 Å². The number of carbonyl (C=O) groups excluding carboxylic acids is 1. The lowest BCUT2D eigenvalue weighted by molar-refractivity contribution is -0.117. The minimum Gasteiger partial charge on any atom is -0.397 e. The van der Waals surface area contributed by atoms with Crippen molar-refractivity contribution in [1.82, 2.24) is 4.90 Å². The molecule has 0 spiro atoms. The number of piperidine rings is 1. The van der Waals surface area contributed by atoms with Gasteiger partial charge in [0.05, 0.1) is 17.9 Å². The second-order valence-electron chi connectivity index (χ2n) is 5.54. The van der Waals surface area contributed by atoms with Crippen LogP contribution in [0.25, 0.3) is 0 Å². The summed E-state index contributed by atoms with van der Waals surface area (Å²) in [4.78, 5) is 14.2. The van der Waals surface area contributed by atoms with Gasteiger partial charge in [0.1, 0.15) is 5.82 Å². The third kappa shape index (κ3) is 2.56. The fourth-order valence-electron chi connectivity index (χ4n) is 3.23. The van der Waals surface area contributed by atoms with Gasteiger partial charge >= 0.3 is 0 Å². The van der Waals surface area contributed by atoms with Gasteiger partial charge in [-0.3, -0.25) is 9.69 Å². The second-order valence-corrected chi connectivity index (χ2v) is 5.54. The van der Waals surface area contributed by atoms with Crippen LogP contribution in [-0.2, 0) is 4.79 Å². The fraction of sp³-hybridized carbons (Fsp3) is 0.500. The number of halogens is 1. The lowest BCUT2D eigenvalue weighted by Gasteiger charge is -2.26. The van der Waals surface area contributed by atoms with Crippen molar-refractivity contribution < 1.29 is 9.18 Å². The number of rotatable bonds is 3. The third-order valence-corrected chi connectivity index (χ3v) is 4.16. The average Bonchev–Trinajstić information content (AvgIpc) is 2.96. The van der Waals surface area contributed by atoms with E-state index < -0.39 is 5.82 Å². The Labute approximate surface area is 111 Å². The molecule has 3 rings (SSSR count). The number of benzene rings is 1. The lowest BCUT2D eigenvalue weighted by atomic mass is 10.1. The number of nitrogens with two attached hydrogens (primary N) is 1. The summed E-state index contributed by atoms with van der Waals surface area (Å²) in [5.41, 5.74) is 6.45. The van der Waals surface area contributed by atoms with E-state index in [9.17, 15) is 9.18 Å². The summed E-state index contributed by atoms with van der Waals surface area (Å²) in [7, 11) is 0. The highest BCUT2D eigenvalue weighted by Crippen LogP contribution is 2.37. The van der Waals surface area contributed by atoms with Crippen LogP contribution in [0.3, 0.4) is 0 Å². The zero-order valence-electron chi connectivity index (χ0n) is 10.7. The predicted octanol–water partition coefficient (Wildman–Crippen LogP) is 1.83. The summed E-state index contributed by atoms with van der Waals surface area (Å²) in [5.74, 6) is 0.242. The molecule has 1 aliphatic heterocycles. The van der Waals surface area contributed by atoms with Crippen LogP contribution in [0.4, 0.5) is 15.8 Å². The molecular formula is C14H18FN3O. The van der Waals surface area contributed by atoms with Gasteiger partial charge < -0.3 is 11.1 Å². The number of likely N-dealkylation sites (tertiary alicyclic amines) is 1. The highest BCUT2D eigenvalue weighted by atomic mass is 19.1. The van der Waals surface area contributed by atoms with Crippen LogP contribution in [0.5, 0.6) is 0 Å². The van der Waals surface area contributed by atoms with E-state index in [-0.39, 0.29) is 5.91 Å². The van der Waals surface area contributed by atoms with Gasteiger partial charge in [-0.1, -0.05) is 0 Å². The first-order chi connectivity index (χ1) is 9.11. The molecule has 0 aromatic heterocycles. The number of hydrogen-bond donors (Lipinski definition) is 2. The number of carbonyl (C=O) groups is 1. The Hall–Kier alpha value is -1.62. The molecule has 2 aliphatic rings. The normalized spacial score (nSPS) is 25.7. The van der Waals surface area contributed by atoms with Crippen molar-refractivity contribution in [1.29, 1.82) is 0 Å². The molecular weight excluding hydrogens is 245 g/mol. The van der Waals surface area contributed by atoms with Crippen molar-refractivity contribution in [3.8, 4) is 0 Å². The van der Waals surface area contributed by atoms with Gasteiger partial charge in [-0.25, -0.2) is 4.39 Å². The lowest BCUT2D eigenvalue weighted by Crippen LogP contribution is -2.38. The Morgan fingerprint density at radius 3 is 3.00 bits per heavy atom. The van der Waals surface area contributed by atoms with E-state index in [2.05, 4.69) is 10.2 Å². The topological polar surface area (TPSA) is 58.4 Å². The van der Waals surface area contributed by atoms with Crippen LogP contribution in [0.15, 0.2) is 18.2 Å². The molecule has 19 heavy (non-hydrogen) atoms. The molecule has 1 amide bonds. The van der Waals surface area contributed by atoms with E-state index in [4.69, 9.17) is 5.73 Å². The summed E-state index contributed by atoms with van der Waals surface area (Å²) in [6.45, 7) is 1.38. The van der Waals surface area contributed by atoms with Crippen molar-refractivity contribution in [2.24, 2.45) is 5.92 Å². The molecule has 2 fully saturated rings. The molecule has 1 aromatic carbocycles. The highest BCUT2D eigenvalue weighted by Gasteiger charge is 2.38. The Morgan fingerprint density at radius 1 is 1.47 bits per heavy atom. The van der Waals surface area contributed by atoms with Gasteiger partial charge in [0, 0.05) is 12.6 Å². The number of fused-ring (bicyclic) bond motifs is 2. The first-order valence-electron chi connectivity index (χ1n) is 6.71. The average molecular weight is 263 g/mol. The largest absolute Gasteiger partial charge is 0.397 e. The molecule has 1 aliphatic carbocycles. The molecule has 1 saturated carbocycles. The Morgan fingerprint density at radius 2 is 2.32 bits per heavy atom. The number of nitrogen functional groups attached to an aromatic ring is 1. The predicted molar refractivity (Wildman–Crippen MR) is 72.1 cm³/mol. The van der Waals surface area contributed by atoms with E-state index in [1.807, 2.05) is 0 Å². The monoisotopic (exact) mass is 263 g/mol.